The molecule has 0 atom stereocenters. The minimum atomic E-state index is -0.108. The van der Waals surface area contributed by atoms with Crippen LogP contribution in [0.15, 0.2) is 60.7 Å². The Kier molecular flexibility index (Phi) is 6.93. The average Bonchev–Trinajstić information content (AvgIpc) is 2.33. The molecular weight excluding hydrogens is 269 g/mol. The Morgan fingerprint density at radius 3 is 1.31 bits per heavy atom. The van der Waals surface area contributed by atoms with Gasteiger partial charge in [-0.05, 0) is 0 Å². The summed E-state index contributed by atoms with van der Waals surface area (Å²) >= 11 is -0.108. The van der Waals surface area contributed by atoms with Gasteiger partial charge in [0.25, 0.3) is 0 Å². The monoisotopic (exact) mass is 287 g/mol. The van der Waals surface area contributed by atoms with Crippen molar-refractivity contribution in [2.75, 3.05) is 0 Å². The van der Waals surface area contributed by atoms with Crippen LogP contribution < -0.4 is 8.79 Å². The molecule has 0 unspecified atom stereocenters. The molecule has 0 fully saturated rings. The summed E-state index contributed by atoms with van der Waals surface area (Å²) in [7, 11) is 0.750. The topological polar surface area (TPSA) is 0 Å². The van der Waals surface area contributed by atoms with E-state index in [0.29, 0.717) is 0 Å². The zero-order chi connectivity index (χ0) is 11.6. The van der Waals surface area contributed by atoms with Crippen molar-refractivity contribution in [3.05, 3.63) is 60.7 Å². The van der Waals surface area contributed by atoms with Crippen molar-refractivity contribution in [3.8, 4) is 0 Å². The molecule has 0 aromatic heterocycles. The van der Waals surface area contributed by atoms with Gasteiger partial charge in [0.15, 0.2) is 0 Å². The van der Waals surface area contributed by atoms with Crippen molar-refractivity contribution in [2.24, 2.45) is 0 Å². The molecule has 2 aromatic rings. The summed E-state index contributed by atoms with van der Waals surface area (Å²) < 4.78 is 2.99. The van der Waals surface area contributed by atoms with Crippen LogP contribution in [0.1, 0.15) is 0 Å². The molecule has 0 aliphatic carbocycles. The molecule has 0 aliphatic rings. The Morgan fingerprint density at radius 2 is 1.00 bits per heavy atom. The van der Waals surface area contributed by atoms with Gasteiger partial charge in [-0.3, -0.25) is 0 Å². The molecule has 0 bridgehead atoms. The average molecular weight is 286 g/mol. The van der Waals surface area contributed by atoms with Gasteiger partial charge in [-0.1, -0.05) is 13.1 Å². The predicted molar refractivity (Wildman–Crippen MR) is 76.8 cm³/mol. The molecule has 0 aliphatic heterocycles. The van der Waals surface area contributed by atoms with E-state index in [1.807, 2.05) is 0 Å². The van der Waals surface area contributed by atoms with Crippen molar-refractivity contribution >= 4 is 33.7 Å². The summed E-state index contributed by atoms with van der Waals surface area (Å²) in [5.41, 5.74) is 0. The second-order valence-electron chi connectivity index (χ2n) is 3.43. The van der Waals surface area contributed by atoms with Gasteiger partial charge in [0, 0.05) is 9.52 Å². The molecule has 0 amide bonds. The summed E-state index contributed by atoms with van der Waals surface area (Å²) in [4.78, 5) is 0. The second kappa shape index (κ2) is 8.36. The van der Waals surface area contributed by atoms with E-state index < -0.39 is 0 Å². The Hall–Kier alpha value is -0.800. The number of rotatable bonds is 2. The van der Waals surface area contributed by atoms with E-state index in [2.05, 4.69) is 73.8 Å². The van der Waals surface area contributed by atoms with Gasteiger partial charge < -0.3 is 0 Å². The van der Waals surface area contributed by atoms with E-state index in [-0.39, 0.29) is 15.4 Å². The van der Waals surface area contributed by atoms with Crippen LogP contribution in [0.25, 0.3) is 0 Å². The molecule has 16 heavy (non-hydrogen) atoms. The molecule has 2 aromatic carbocycles. The number of hydrogen-bond donors (Lipinski definition) is 0. The van der Waals surface area contributed by atoms with Crippen LogP contribution in [0.4, 0.5) is 0 Å². The third-order valence-corrected chi connectivity index (χ3v) is 4.45. The third-order valence-electron chi connectivity index (χ3n) is 1.84. The van der Waals surface area contributed by atoms with Crippen LogP contribution >= 0.6 is 0 Å². The molecule has 0 N–H and O–H groups in total. The van der Waals surface area contributed by atoms with Gasteiger partial charge in [-0.15, -0.1) is 0 Å². The van der Waals surface area contributed by atoms with Gasteiger partial charge in [-0.2, -0.15) is 0 Å². The Labute approximate surface area is 107 Å². The number of benzene rings is 2. The Balaban J connectivity index is 0.000000386. The van der Waals surface area contributed by atoms with E-state index in [1.165, 1.54) is 8.79 Å². The summed E-state index contributed by atoms with van der Waals surface area (Å²) in [6, 6.07) is 21.5. The predicted octanol–water partition coefficient (Wildman–Crippen LogP) is 1.86. The van der Waals surface area contributed by atoms with Crippen LogP contribution in [-0.4, -0.2) is 25.0 Å². The normalized spacial score (nSPS) is 9.12. The molecule has 0 nitrogen and oxygen atoms in total. The van der Waals surface area contributed by atoms with E-state index >= 15 is 0 Å². The maximum absolute atomic E-state index is 2.22. The van der Waals surface area contributed by atoms with Crippen LogP contribution in [0.3, 0.4) is 0 Å². The van der Waals surface area contributed by atoms with Crippen LogP contribution in [0.5, 0.6) is 0 Å². The first-order valence-electron chi connectivity index (χ1n) is 5.48. The second-order valence-corrected chi connectivity index (χ2v) is 7.54. The molecule has 0 heterocycles. The van der Waals surface area contributed by atoms with E-state index in [1.54, 1.807) is 0 Å². The minimum absolute atomic E-state index is 0.108. The van der Waals surface area contributed by atoms with Crippen molar-refractivity contribution in [1.29, 1.82) is 0 Å². The molecule has 2 heteroatoms. The van der Waals surface area contributed by atoms with Gasteiger partial charge >= 0.3 is 84.9 Å². The van der Waals surface area contributed by atoms with Gasteiger partial charge in [0.2, 0.25) is 0 Å². The first kappa shape index (κ1) is 13.3. The fraction of sp³-hybridized carbons (Fsp3) is 0.143. The van der Waals surface area contributed by atoms with Crippen LogP contribution in [0, 0.1) is 0 Å². The zero-order valence-corrected chi connectivity index (χ0v) is 13.1. The van der Waals surface area contributed by atoms with Crippen LogP contribution in [0.2, 0.25) is 13.1 Å². The fourth-order valence-corrected chi connectivity index (χ4v) is 3.42. The molecule has 81 valence electrons. The Morgan fingerprint density at radius 1 is 0.688 bits per heavy atom. The van der Waals surface area contributed by atoms with Gasteiger partial charge in [0.1, 0.15) is 0 Å². The molecule has 0 saturated carbocycles. The summed E-state index contributed by atoms with van der Waals surface area (Å²) in [6.45, 7) is 4.42. The molecule has 0 spiro atoms. The molecule has 2 rings (SSSR count). The first-order valence-corrected chi connectivity index (χ1v) is 9.88. The number of hydrogen-bond acceptors (Lipinski definition) is 0. The van der Waals surface area contributed by atoms with Gasteiger partial charge in [-0.25, -0.2) is 0 Å². The van der Waals surface area contributed by atoms with E-state index in [4.69, 9.17) is 0 Å². The zero-order valence-electron chi connectivity index (χ0n) is 9.85. The van der Waals surface area contributed by atoms with E-state index in [0.717, 1.165) is 9.52 Å². The van der Waals surface area contributed by atoms with Crippen molar-refractivity contribution in [1.82, 2.24) is 0 Å². The summed E-state index contributed by atoms with van der Waals surface area (Å²) in [5.74, 6) is 0. The molecule has 3 radical (unpaired) electrons. The molecular formula is C14H17GeSi. The van der Waals surface area contributed by atoms with Crippen molar-refractivity contribution < 1.29 is 0 Å². The summed E-state index contributed by atoms with van der Waals surface area (Å²) in [6.07, 6.45) is 0. The fourth-order valence-electron chi connectivity index (χ4n) is 1.21. The van der Waals surface area contributed by atoms with Crippen molar-refractivity contribution in [2.45, 2.75) is 13.1 Å². The van der Waals surface area contributed by atoms with Gasteiger partial charge in [0.05, 0.1) is 0 Å². The summed E-state index contributed by atoms with van der Waals surface area (Å²) in [5, 5.41) is 0. The van der Waals surface area contributed by atoms with E-state index in [9.17, 15) is 0 Å². The maximum atomic E-state index is 2.22. The first-order chi connectivity index (χ1) is 7.86. The standard InChI is InChI=1S/C12H10Ge.C2H7Si/c1-3-7-11(8-4-1)13-12-9-5-2-6-10-12;1-3-2/h1-10H;3H,1-2H3. The SMILES string of the molecule is C[SiH]C.c1cc[c]([Ge][c]2ccccc2)cc1. The third kappa shape index (κ3) is 5.33. The van der Waals surface area contributed by atoms with Crippen LogP contribution in [-0.2, 0) is 0 Å². The molecule has 0 saturated heterocycles. The quantitative estimate of drug-likeness (QED) is 0.739. The van der Waals surface area contributed by atoms with Crippen molar-refractivity contribution in [3.63, 3.8) is 0 Å². The Bertz CT molecular complexity index is 335.